The average Bonchev–Trinajstić information content (AvgIpc) is 2.55. The van der Waals surface area contributed by atoms with Crippen molar-refractivity contribution in [3.63, 3.8) is 0 Å². The first-order chi connectivity index (χ1) is 11.3. The van der Waals surface area contributed by atoms with Crippen molar-refractivity contribution >= 4 is 12.0 Å². The van der Waals surface area contributed by atoms with Crippen LogP contribution in [0.4, 0.5) is 0 Å². The molecule has 0 spiro atoms. The van der Waals surface area contributed by atoms with Gasteiger partial charge in [-0.2, -0.15) is 0 Å². The van der Waals surface area contributed by atoms with Crippen LogP contribution in [0.5, 0.6) is 11.5 Å². The van der Waals surface area contributed by atoms with Crippen LogP contribution in [-0.2, 0) is 14.3 Å². The summed E-state index contributed by atoms with van der Waals surface area (Å²) in [5.74, 6) is -0.640. The summed E-state index contributed by atoms with van der Waals surface area (Å²) in [7, 11) is 1.42. The predicted molar refractivity (Wildman–Crippen MR) is 82.1 cm³/mol. The minimum absolute atomic E-state index is 0.0864. The Morgan fingerprint density at radius 2 is 1.96 bits per heavy atom. The maximum absolute atomic E-state index is 11.8. The van der Waals surface area contributed by atoms with Crippen molar-refractivity contribution in [2.24, 2.45) is 0 Å². The van der Waals surface area contributed by atoms with E-state index in [1.807, 2.05) is 0 Å². The molecule has 0 bridgehead atoms. The molecule has 0 amide bonds. The summed E-state index contributed by atoms with van der Waals surface area (Å²) >= 11 is 0. The summed E-state index contributed by atoms with van der Waals surface area (Å²) in [6.45, 7) is 1.48. The minimum Gasteiger partial charge on any atom is -0.504 e. The Morgan fingerprint density at radius 1 is 1.25 bits per heavy atom. The zero-order valence-electron chi connectivity index (χ0n) is 13.2. The molecular formula is C16H20O8. The summed E-state index contributed by atoms with van der Waals surface area (Å²) in [4.78, 5) is 11.8. The highest BCUT2D eigenvalue weighted by molar-refractivity contribution is 5.87. The number of aromatic hydroxyl groups is 1. The molecule has 8 heteroatoms. The van der Waals surface area contributed by atoms with Crippen LogP contribution in [0.1, 0.15) is 12.5 Å². The second-order valence-corrected chi connectivity index (χ2v) is 5.38. The molecule has 0 unspecified atom stereocenters. The normalized spacial score (nSPS) is 30.3. The second-order valence-electron chi connectivity index (χ2n) is 5.38. The Hall–Kier alpha value is -2.13. The van der Waals surface area contributed by atoms with E-state index in [-0.39, 0.29) is 5.75 Å². The molecule has 4 N–H and O–H groups in total. The number of hydrogen-bond acceptors (Lipinski definition) is 8. The van der Waals surface area contributed by atoms with Crippen molar-refractivity contribution in [3.8, 4) is 11.5 Å². The van der Waals surface area contributed by atoms with E-state index in [0.717, 1.165) is 6.08 Å². The smallest absolute Gasteiger partial charge is 0.331 e. The summed E-state index contributed by atoms with van der Waals surface area (Å²) in [5.41, 5.74) is 0.514. The molecule has 1 aromatic rings. The quantitative estimate of drug-likeness (QED) is 0.438. The molecule has 0 aliphatic carbocycles. The van der Waals surface area contributed by atoms with Crippen LogP contribution in [0, 0.1) is 0 Å². The summed E-state index contributed by atoms with van der Waals surface area (Å²) in [6.07, 6.45) is -4.05. The Morgan fingerprint density at radius 3 is 2.58 bits per heavy atom. The lowest BCUT2D eigenvalue weighted by Crippen LogP contribution is -2.57. The van der Waals surface area contributed by atoms with E-state index in [1.165, 1.54) is 32.2 Å². The number of phenolic OH excluding ortho intramolecular Hbond substituents is 1. The number of aliphatic hydroxyl groups is 3. The van der Waals surface area contributed by atoms with Gasteiger partial charge < -0.3 is 34.6 Å². The van der Waals surface area contributed by atoms with Crippen LogP contribution in [0.3, 0.4) is 0 Å². The molecule has 0 saturated carbocycles. The number of hydrogen-bond donors (Lipinski definition) is 4. The lowest BCUT2D eigenvalue weighted by atomic mass is 10.00. The number of rotatable bonds is 4. The molecule has 5 atom stereocenters. The van der Waals surface area contributed by atoms with Crippen molar-refractivity contribution < 1.29 is 39.4 Å². The van der Waals surface area contributed by atoms with Crippen molar-refractivity contribution in [1.82, 2.24) is 0 Å². The molecule has 0 radical (unpaired) electrons. The topological polar surface area (TPSA) is 126 Å². The number of carbonyl (C=O) groups is 1. The van der Waals surface area contributed by atoms with E-state index in [0.29, 0.717) is 11.3 Å². The summed E-state index contributed by atoms with van der Waals surface area (Å²) in [5, 5.41) is 38.9. The van der Waals surface area contributed by atoms with Crippen molar-refractivity contribution in [2.45, 2.75) is 37.6 Å². The molecule has 1 heterocycles. The van der Waals surface area contributed by atoms with Crippen LogP contribution in [0.25, 0.3) is 6.08 Å². The number of benzene rings is 1. The van der Waals surface area contributed by atoms with Crippen molar-refractivity contribution in [2.75, 3.05) is 7.11 Å². The fourth-order valence-corrected chi connectivity index (χ4v) is 2.29. The third kappa shape index (κ3) is 4.04. The Labute approximate surface area is 138 Å². The number of methoxy groups -OCH3 is 1. The molecule has 1 aromatic carbocycles. The van der Waals surface area contributed by atoms with Gasteiger partial charge in [0.05, 0.1) is 13.2 Å². The Balaban J connectivity index is 2.01. The lowest BCUT2D eigenvalue weighted by Gasteiger charge is -2.38. The van der Waals surface area contributed by atoms with Gasteiger partial charge in [0, 0.05) is 6.08 Å². The van der Waals surface area contributed by atoms with Gasteiger partial charge in [0.15, 0.2) is 23.9 Å². The van der Waals surface area contributed by atoms with Gasteiger partial charge >= 0.3 is 5.97 Å². The number of ether oxygens (including phenoxy) is 3. The van der Waals surface area contributed by atoms with E-state index < -0.39 is 36.7 Å². The highest BCUT2D eigenvalue weighted by atomic mass is 16.7. The molecule has 1 saturated heterocycles. The maximum atomic E-state index is 11.8. The third-order valence-corrected chi connectivity index (χ3v) is 3.67. The SMILES string of the molecule is COc1ccc(/C=C/C(=O)O[C@@H]2[C@H](O)[C@@H](O)[C@H](C)O[C@@H]2O)cc1O. The first-order valence-electron chi connectivity index (χ1n) is 7.29. The van der Waals surface area contributed by atoms with Gasteiger partial charge in [0.25, 0.3) is 0 Å². The highest BCUT2D eigenvalue weighted by Crippen LogP contribution is 2.27. The zero-order chi connectivity index (χ0) is 17.9. The van der Waals surface area contributed by atoms with Crippen LogP contribution in [-0.4, -0.2) is 64.2 Å². The van der Waals surface area contributed by atoms with E-state index in [9.17, 15) is 25.2 Å². The van der Waals surface area contributed by atoms with Crippen LogP contribution >= 0.6 is 0 Å². The van der Waals surface area contributed by atoms with Crippen LogP contribution in [0.15, 0.2) is 24.3 Å². The molecule has 2 rings (SSSR count). The molecule has 1 aliphatic heterocycles. The van der Waals surface area contributed by atoms with Crippen molar-refractivity contribution in [3.05, 3.63) is 29.8 Å². The minimum atomic E-state index is -1.54. The third-order valence-electron chi connectivity index (χ3n) is 3.67. The second kappa shape index (κ2) is 7.63. The summed E-state index contributed by atoms with van der Waals surface area (Å²) < 4.78 is 14.8. The van der Waals surface area contributed by atoms with Gasteiger partial charge in [-0.1, -0.05) is 6.07 Å². The number of aliphatic hydroxyl groups excluding tert-OH is 3. The van der Waals surface area contributed by atoms with Crippen LogP contribution < -0.4 is 4.74 Å². The number of esters is 1. The largest absolute Gasteiger partial charge is 0.504 e. The highest BCUT2D eigenvalue weighted by Gasteiger charge is 2.44. The molecule has 1 aliphatic rings. The van der Waals surface area contributed by atoms with E-state index in [4.69, 9.17) is 14.2 Å². The van der Waals surface area contributed by atoms with E-state index in [2.05, 4.69) is 0 Å². The zero-order valence-corrected chi connectivity index (χ0v) is 13.2. The van der Waals surface area contributed by atoms with Gasteiger partial charge in [-0.05, 0) is 30.7 Å². The van der Waals surface area contributed by atoms with Gasteiger partial charge in [0.2, 0.25) is 0 Å². The van der Waals surface area contributed by atoms with Crippen molar-refractivity contribution in [1.29, 1.82) is 0 Å². The first kappa shape index (κ1) is 18.2. The number of carbonyl (C=O) groups excluding carboxylic acids is 1. The van der Waals surface area contributed by atoms with Gasteiger partial charge in [0.1, 0.15) is 12.2 Å². The fraction of sp³-hybridized carbons (Fsp3) is 0.438. The molecule has 1 fully saturated rings. The monoisotopic (exact) mass is 340 g/mol. The Bertz CT molecular complexity index is 614. The summed E-state index contributed by atoms with van der Waals surface area (Å²) in [6, 6.07) is 4.53. The molecule has 24 heavy (non-hydrogen) atoms. The standard InChI is InChI=1S/C16H20O8/c1-8-13(19)14(20)15(16(21)23-8)24-12(18)6-4-9-3-5-11(22-2)10(17)7-9/h3-8,13-17,19-21H,1-2H3/b6-4+/t8-,13-,14+,15+,16-/m0/s1. The maximum Gasteiger partial charge on any atom is 0.331 e. The van der Waals surface area contributed by atoms with Gasteiger partial charge in [-0.3, -0.25) is 0 Å². The lowest BCUT2D eigenvalue weighted by molar-refractivity contribution is -0.281. The van der Waals surface area contributed by atoms with E-state index >= 15 is 0 Å². The molecule has 0 aromatic heterocycles. The molecule has 8 nitrogen and oxygen atoms in total. The van der Waals surface area contributed by atoms with Gasteiger partial charge in [-0.25, -0.2) is 4.79 Å². The first-order valence-corrected chi connectivity index (χ1v) is 7.29. The van der Waals surface area contributed by atoms with Crippen LogP contribution in [0.2, 0.25) is 0 Å². The average molecular weight is 340 g/mol. The van der Waals surface area contributed by atoms with E-state index in [1.54, 1.807) is 6.07 Å². The predicted octanol–water partition coefficient (Wildman–Crippen LogP) is -0.215. The van der Waals surface area contributed by atoms with Gasteiger partial charge in [-0.15, -0.1) is 0 Å². The molecular weight excluding hydrogens is 320 g/mol. The fourth-order valence-electron chi connectivity index (χ4n) is 2.29. The number of phenols is 1. The Kier molecular flexibility index (Phi) is 5.79. The molecule has 132 valence electrons.